The van der Waals surface area contributed by atoms with Gasteiger partial charge >= 0.3 is 5.69 Å². The number of nitrogens with zero attached hydrogens (tertiary/aromatic N) is 1. The molecule has 0 fully saturated rings. The van der Waals surface area contributed by atoms with Gasteiger partial charge in [0, 0.05) is 12.1 Å². The van der Waals surface area contributed by atoms with E-state index >= 15 is 0 Å². The van der Waals surface area contributed by atoms with Gasteiger partial charge < -0.3 is 4.74 Å². The number of para-hydroxylation sites is 1. The zero-order chi connectivity index (χ0) is 15.6. The lowest BCUT2D eigenvalue weighted by atomic mass is 10.2. The van der Waals surface area contributed by atoms with Crippen molar-refractivity contribution in [3.63, 3.8) is 0 Å². The molecular weight excluding hydrogens is 369 g/mol. The summed E-state index contributed by atoms with van der Waals surface area (Å²) in [5, 5.41) is 11.1. The van der Waals surface area contributed by atoms with Gasteiger partial charge in [-0.05, 0) is 28.1 Å². The highest BCUT2D eigenvalue weighted by Gasteiger charge is 2.21. The van der Waals surface area contributed by atoms with Crippen molar-refractivity contribution < 1.29 is 18.8 Å². The summed E-state index contributed by atoms with van der Waals surface area (Å²) in [5.74, 6) is -1.16. The molecule has 0 aliphatic rings. The van der Waals surface area contributed by atoms with Crippen LogP contribution in [0.2, 0.25) is 5.02 Å². The first-order valence-electron chi connectivity index (χ1n) is 5.49. The van der Waals surface area contributed by atoms with Crippen molar-refractivity contribution in [3.8, 4) is 11.5 Å². The predicted molar refractivity (Wildman–Crippen MR) is 77.7 cm³/mol. The highest BCUT2D eigenvalue weighted by atomic mass is 79.9. The van der Waals surface area contributed by atoms with Crippen molar-refractivity contribution in [2.24, 2.45) is 0 Å². The Bertz CT molecular complexity index is 738. The fourth-order valence-electron chi connectivity index (χ4n) is 1.58. The minimum Gasteiger partial charge on any atom is -0.448 e. The summed E-state index contributed by atoms with van der Waals surface area (Å²) < 4.78 is 18.8. The minimum atomic E-state index is -0.740. The van der Waals surface area contributed by atoms with Crippen LogP contribution in [0.3, 0.4) is 0 Å². The second-order valence-electron chi connectivity index (χ2n) is 3.87. The molecule has 0 aliphatic carbocycles. The lowest BCUT2D eigenvalue weighted by molar-refractivity contribution is -0.385. The van der Waals surface area contributed by atoms with Gasteiger partial charge in [-0.2, -0.15) is 0 Å². The molecule has 8 heteroatoms. The number of ether oxygens (including phenoxy) is 1. The number of nitro groups is 1. The first kappa shape index (κ1) is 15.4. The molecule has 0 unspecified atom stereocenters. The highest BCUT2D eigenvalue weighted by molar-refractivity contribution is 9.10. The summed E-state index contributed by atoms with van der Waals surface area (Å²) in [5.41, 5.74) is -0.361. The van der Waals surface area contributed by atoms with E-state index in [4.69, 9.17) is 16.3 Å². The average molecular weight is 375 g/mol. The molecule has 0 aliphatic heterocycles. The van der Waals surface area contributed by atoms with E-state index in [0.717, 1.165) is 12.1 Å². The lowest BCUT2D eigenvalue weighted by Crippen LogP contribution is -1.97. The predicted octanol–water partition coefficient (Wildman–Crippen LogP) is 4.75. The number of hydrogen-bond acceptors (Lipinski definition) is 4. The van der Waals surface area contributed by atoms with Gasteiger partial charge in [-0.15, -0.1) is 0 Å². The summed E-state index contributed by atoms with van der Waals surface area (Å²) in [6, 6.07) is 6.22. The van der Waals surface area contributed by atoms with Crippen LogP contribution in [0.5, 0.6) is 11.5 Å². The number of carbonyl (C=O) groups is 1. The quantitative estimate of drug-likeness (QED) is 0.440. The van der Waals surface area contributed by atoms with Gasteiger partial charge in [0.05, 0.1) is 20.0 Å². The third-order valence-corrected chi connectivity index (χ3v) is 3.44. The molecule has 0 bridgehead atoms. The van der Waals surface area contributed by atoms with E-state index in [-0.39, 0.29) is 26.6 Å². The summed E-state index contributed by atoms with van der Waals surface area (Å²) >= 11 is 8.76. The molecule has 0 spiro atoms. The third kappa shape index (κ3) is 3.20. The summed E-state index contributed by atoms with van der Waals surface area (Å²) in [4.78, 5) is 21.2. The molecule has 0 N–H and O–H groups in total. The van der Waals surface area contributed by atoms with Crippen LogP contribution in [0.15, 0.2) is 34.8 Å². The van der Waals surface area contributed by atoms with Crippen molar-refractivity contribution in [3.05, 3.63) is 61.3 Å². The smallest absolute Gasteiger partial charge is 0.312 e. The first-order chi connectivity index (χ1) is 9.93. The van der Waals surface area contributed by atoms with Crippen LogP contribution in [-0.4, -0.2) is 11.2 Å². The van der Waals surface area contributed by atoms with Gasteiger partial charge in [-0.25, -0.2) is 4.39 Å². The van der Waals surface area contributed by atoms with Crippen molar-refractivity contribution in [1.82, 2.24) is 0 Å². The average Bonchev–Trinajstić information content (AvgIpc) is 2.44. The van der Waals surface area contributed by atoms with Crippen molar-refractivity contribution in [2.45, 2.75) is 0 Å². The van der Waals surface area contributed by atoms with Crippen LogP contribution in [-0.2, 0) is 0 Å². The Kier molecular flexibility index (Phi) is 4.54. The molecule has 108 valence electrons. The van der Waals surface area contributed by atoms with Gasteiger partial charge in [0.1, 0.15) is 5.82 Å². The second-order valence-corrected chi connectivity index (χ2v) is 5.13. The van der Waals surface area contributed by atoms with Crippen LogP contribution in [0.4, 0.5) is 10.1 Å². The number of benzene rings is 2. The monoisotopic (exact) mass is 373 g/mol. The van der Waals surface area contributed by atoms with E-state index in [1.54, 1.807) is 0 Å². The van der Waals surface area contributed by atoms with E-state index < -0.39 is 16.4 Å². The van der Waals surface area contributed by atoms with Crippen LogP contribution < -0.4 is 4.74 Å². The molecule has 0 saturated carbocycles. The summed E-state index contributed by atoms with van der Waals surface area (Å²) in [6.07, 6.45) is 0.488. The second kappa shape index (κ2) is 6.19. The molecule has 5 nitrogen and oxygen atoms in total. The number of halogens is 3. The van der Waals surface area contributed by atoms with Crippen LogP contribution in [0, 0.1) is 15.9 Å². The van der Waals surface area contributed by atoms with E-state index in [9.17, 15) is 19.3 Å². The largest absolute Gasteiger partial charge is 0.448 e. The maximum absolute atomic E-state index is 13.6. The molecule has 2 rings (SSSR count). The zero-order valence-corrected chi connectivity index (χ0v) is 12.5. The Morgan fingerprint density at radius 1 is 1.38 bits per heavy atom. The van der Waals surface area contributed by atoms with Crippen molar-refractivity contribution in [2.75, 3.05) is 0 Å². The molecule has 21 heavy (non-hydrogen) atoms. The fourth-order valence-corrected chi connectivity index (χ4v) is 2.13. The maximum Gasteiger partial charge on any atom is 0.312 e. The number of aldehydes is 1. The zero-order valence-electron chi connectivity index (χ0n) is 10.2. The highest BCUT2D eigenvalue weighted by Crippen LogP contribution is 2.38. The molecule has 2 aromatic rings. The Labute approximate surface area is 131 Å². The first-order valence-corrected chi connectivity index (χ1v) is 6.66. The minimum absolute atomic E-state index is 0.0704. The normalized spacial score (nSPS) is 10.2. The molecule has 0 aromatic heterocycles. The van der Waals surface area contributed by atoms with E-state index in [2.05, 4.69) is 15.9 Å². The number of rotatable bonds is 4. The molecular formula is C13H6BrClFNO4. The molecule has 0 atom stereocenters. The number of hydrogen-bond donors (Lipinski definition) is 0. The Morgan fingerprint density at radius 3 is 2.71 bits per heavy atom. The van der Waals surface area contributed by atoms with Crippen LogP contribution >= 0.6 is 27.5 Å². The molecule has 2 aromatic carbocycles. The Hall–Kier alpha value is -1.99. The lowest BCUT2D eigenvalue weighted by Gasteiger charge is -2.10. The van der Waals surface area contributed by atoms with Gasteiger partial charge in [-0.3, -0.25) is 14.9 Å². The third-order valence-electron chi connectivity index (χ3n) is 2.53. The van der Waals surface area contributed by atoms with Crippen molar-refractivity contribution >= 4 is 39.5 Å². The van der Waals surface area contributed by atoms with Gasteiger partial charge in [0.25, 0.3) is 0 Å². The summed E-state index contributed by atoms with van der Waals surface area (Å²) in [6.45, 7) is 0. The standard InChI is InChI=1S/C13H6BrClFNO4/c14-8-4-11(17(19)20)12(5-10(8)16)21-13-7(6-18)2-1-3-9(13)15/h1-6H. The van der Waals surface area contributed by atoms with E-state index in [1.165, 1.54) is 18.2 Å². The number of nitro benzene ring substituents is 1. The summed E-state index contributed by atoms with van der Waals surface area (Å²) in [7, 11) is 0. The Morgan fingerprint density at radius 2 is 2.10 bits per heavy atom. The van der Waals surface area contributed by atoms with Crippen molar-refractivity contribution in [1.29, 1.82) is 0 Å². The Balaban J connectivity index is 2.57. The van der Waals surface area contributed by atoms with Crippen LogP contribution in [0.25, 0.3) is 0 Å². The topological polar surface area (TPSA) is 69.4 Å². The van der Waals surface area contributed by atoms with E-state index in [1.807, 2.05) is 0 Å². The van der Waals surface area contributed by atoms with Crippen LogP contribution in [0.1, 0.15) is 10.4 Å². The fraction of sp³-hybridized carbons (Fsp3) is 0. The molecule has 0 radical (unpaired) electrons. The molecule has 0 heterocycles. The number of carbonyl (C=O) groups excluding carboxylic acids is 1. The van der Waals surface area contributed by atoms with Gasteiger partial charge in [0.15, 0.2) is 12.0 Å². The SMILES string of the molecule is O=Cc1cccc(Cl)c1Oc1cc(F)c(Br)cc1[N+](=O)[O-]. The van der Waals surface area contributed by atoms with Gasteiger partial charge in [0.2, 0.25) is 5.75 Å². The molecule has 0 amide bonds. The van der Waals surface area contributed by atoms with Gasteiger partial charge in [-0.1, -0.05) is 17.7 Å². The maximum atomic E-state index is 13.6. The molecule has 0 saturated heterocycles. The van der Waals surface area contributed by atoms with E-state index in [0.29, 0.717) is 6.29 Å².